The van der Waals surface area contributed by atoms with Gasteiger partial charge >= 0.3 is 0 Å². The van der Waals surface area contributed by atoms with Gasteiger partial charge in [-0.25, -0.2) is 4.98 Å². The second-order valence-corrected chi connectivity index (χ2v) is 6.38. The molecule has 1 atom stereocenters. The molecule has 0 radical (unpaired) electrons. The number of carbonyl (C=O) groups excluding carboxylic acids is 1. The lowest BCUT2D eigenvalue weighted by Crippen LogP contribution is -2.33. The summed E-state index contributed by atoms with van der Waals surface area (Å²) >= 11 is 0. The van der Waals surface area contributed by atoms with Crippen LogP contribution < -0.4 is 0 Å². The van der Waals surface area contributed by atoms with Crippen molar-refractivity contribution in [3.05, 3.63) is 36.2 Å². The van der Waals surface area contributed by atoms with Gasteiger partial charge in [0.05, 0.1) is 23.1 Å². The normalized spacial score (nSPS) is 17.7. The van der Waals surface area contributed by atoms with Crippen LogP contribution in [0.5, 0.6) is 0 Å². The van der Waals surface area contributed by atoms with Crippen molar-refractivity contribution < 1.29 is 9.53 Å². The van der Waals surface area contributed by atoms with E-state index >= 15 is 0 Å². The van der Waals surface area contributed by atoms with Gasteiger partial charge in [-0.3, -0.25) is 9.48 Å². The first-order valence-corrected chi connectivity index (χ1v) is 8.41. The Labute approximate surface area is 142 Å². The maximum Gasteiger partial charge on any atom is 0.249 e. The van der Waals surface area contributed by atoms with Crippen molar-refractivity contribution in [1.29, 1.82) is 0 Å². The lowest BCUT2D eigenvalue weighted by Gasteiger charge is -2.24. The average molecular weight is 328 g/mol. The monoisotopic (exact) mass is 328 g/mol. The Morgan fingerprint density at radius 2 is 2.21 bits per heavy atom. The van der Waals surface area contributed by atoms with Crippen LogP contribution in [0.15, 0.2) is 30.5 Å². The van der Waals surface area contributed by atoms with E-state index in [1.54, 1.807) is 13.3 Å². The van der Waals surface area contributed by atoms with Crippen LogP contribution in [0.3, 0.4) is 0 Å². The van der Waals surface area contributed by atoms with Gasteiger partial charge in [0.2, 0.25) is 5.91 Å². The van der Waals surface area contributed by atoms with E-state index in [2.05, 4.69) is 18.9 Å². The van der Waals surface area contributed by atoms with Crippen LogP contribution in [-0.4, -0.2) is 45.8 Å². The minimum absolute atomic E-state index is 0.0272. The summed E-state index contributed by atoms with van der Waals surface area (Å²) in [5, 5.41) is 4.38. The van der Waals surface area contributed by atoms with Crippen molar-refractivity contribution in [2.75, 3.05) is 20.3 Å². The molecule has 6 nitrogen and oxygen atoms in total. The number of hydrogen-bond acceptors (Lipinski definition) is 4. The number of rotatable bonds is 5. The van der Waals surface area contributed by atoms with Crippen molar-refractivity contribution in [1.82, 2.24) is 19.7 Å². The largest absolute Gasteiger partial charge is 0.375 e. The highest BCUT2D eigenvalue weighted by Gasteiger charge is 2.30. The van der Waals surface area contributed by atoms with E-state index in [0.717, 1.165) is 36.5 Å². The van der Waals surface area contributed by atoms with Crippen LogP contribution in [0.4, 0.5) is 0 Å². The summed E-state index contributed by atoms with van der Waals surface area (Å²) in [6.07, 6.45) is 3.74. The number of carbonyl (C=O) groups is 1. The van der Waals surface area contributed by atoms with Gasteiger partial charge in [0.1, 0.15) is 6.61 Å². The predicted molar refractivity (Wildman–Crippen MR) is 91.4 cm³/mol. The smallest absolute Gasteiger partial charge is 0.249 e. The molecule has 2 aromatic rings. The summed E-state index contributed by atoms with van der Waals surface area (Å²) in [7, 11) is 1.55. The summed E-state index contributed by atoms with van der Waals surface area (Å²) in [6.45, 7) is 5.09. The second-order valence-electron chi connectivity index (χ2n) is 6.38. The number of amides is 1. The molecule has 0 saturated carbocycles. The molecular weight excluding hydrogens is 304 g/mol. The van der Waals surface area contributed by atoms with Crippen LogP contribution >= 0.6 is 0 Å². The average Bonchev–Trinajstić information content (AvgIpc) is 3.24. The van der Waals surface area contributed by atoms with E-state index in [1.807, 2.05) is 33.8 Å². The van der Waals surface area contributed by atoms with Crippen molar-refractivity contribution in [2.24, 2.45) is 0 Å². The molecule has 24 heavy (non-hydrogen) atoms. The third kappa shape index (κ3) is 3.19. The lowest BCUT2D eigenvalue weighted by atomic mass is 10.1. The molecule has 1 aliphatic rings. The number of pyridine rings is 1. The maximum atomic E-state index is 12.2. The zero-order valence-corrected chi connectivity index (χ0v) is 14.5. The fraction of sp³-hybridized carbons (Fsp3) is 0.500. The van der Waals surface area contributed by atoms with Gasteiger partial charge in [0.25, 0.3) is 0 Å². The molecule has 128 valence electrons. The van der Waals surface area contributed by atoms with Gasteiger partial charge in [-0.15, -0.1) is 0 Å². The van der Waals surface area contributed by atoms with Crippen molar-refractivity contribution in [3.8, 4) is 11.4 Å². The Morgan fingerprint density at radius 1 is 1.38 bits per heavy atom. The van der Waals surface area contributed by atoms with Crippen LogP contribution in [0, 0.1) is 0 Å². The number of likely N-dealkylation sites (tertiary alicyclic amines) is 1. The van der Waals surface area contributed by atoms with E-state index in [9.17, 15) is 4.79 Å². The quantitative estimate of drug-likeness (QED) is 0.847. The van der Waals surface area contributed by atoms with E-state index in [-0.39, 0.29) is 24.6 Å². The molecule has 6 heteroatoms. The number of hydrogen-bond donors (Lipinski definition) is 0. The first-order valence-electron chi connectivity index (χ1n) is 8.41. The molecule has 1 aliphatic heterocycles. The molecule has 1 amide bonds. The summed E-state index contributed by atoms with van der Waals surface area (Å²) in [5.41, 5.74) is 2.83. The van der Waals surface area contributed by atoms with E-state index in [1.165, 1.54) is 0 Å². The Balaban J connectivity index is 1.90. The molecule has 0 unspecified atom stereocenters. The standard InChI is InChI=1S/C18H24N4O2/c1-13(2)22-17(9-10-19-22)15-7-4-6-14(20-15)16-8-5-11-21(16)18(23)12-24-3/h4,6-7,9-10,13,16H,5,8,11-12H2,1-3H3/t16-/m0/s1. The first-order chi connectivity index (χ1) is 11.6. The molecule has 3 rings (SSSR count). The molecule has 0 aromatic carbocycles. The molecule has 2 aromatic heterocycles. The molecule has 3 heterocycles. The Morgan fingerprint density at radius 3 is 2.96 bits per heavy atom. The van der Waals surface area contributed by atoms with E-state index in [0.29, 0.717) is 0 Å². The van der Waals surface area contributed by atoms with Gasteiger partial charge in [0.15, 0.2) is 0 Å². The second kappa shape index (κ2) is 7.13. The van der Waals surface area contributed by atoms with Crippen molar-refractivity contribution >= 4 is 5.91 Å². The minimum atomic E-state index is 0.0272. The number of nitrogens with zero attached hydrogens (tertiary/aromatic N) is 4. The Hall–Kier alpha value is -2.21. The van der Waals surface area contributed by atoms with Gasteiger partial charge in [0, 0.05) is 25.9 Å². The van der Waals surface area contributed by atoms with Crippen LogP contribution in [0.1, 0.15) is 44.5 Å². The zero-order valence-electron chi connectivity index (χ0n) is 14.5. The molecule has 0 N–H and O–H groups in total. The molecule has 0 bridgehead atoms. The minimum Gasteiger partial charge on any atom is -0.375 e. The van der Waals surface area contributed by atoms with Crippen molar-refractivity contribution in [2.45, 2.75) is 38.8 Å². The maximum absolute atomic E-state index is 12.2. The van der Waals surface area contributed by atoms with Gasteiger partial charge in [-0.05, 0) is 44.9 Å². The molecule has 1 fully saturated rings. The third-order valence-electron chi connectivity index (χ3n) is 4.37. The summed E-state index contributed by atoms with van der Waals surface area (Å²) in [4.78, 5) is 19.0. The highest BCUT2D eigenvalue weighted by molar-refractivity contribution is 5.78. The summed E-state index contributed by atoms with van der Waals surface area (Å²) in [5.74, 6) is 0.0272. The lowest BCUT2D eigenvalue weighted by molar-refractivity contribution is -0.136. The van der Waals surface area contributed by atoms with Gasteiger partial charge in [-0.2, -0.15) is 5.10 Å². The molecular formula is C18H24N4O2. The SMILES string of the molecule is COCC(=O)N1CCC[C@H]1c1cccc(-c2ccnn2C(C)C)n1. The third-order valence-corrected chi connectivity index (χ3v) is 4.37. The van der Waals surface area contributed by atoms with Gasteiger partial charge < -0.3 is 9.64 Å². The predicted octanol–water partition coefficient (Wildman–Crippen LogP) is 2.84. The summed E-state index contributed by atoms with van der Waals surface area (Å²) in [6, 6.07) is 8.29. The highest BCUT2D eigenvalue weighted by atomic mass is 16.5. The topological polar surface area (TPSA) is 60.2 Å². The fourth-order valence-electron chi connectivity index (χ4n) is 3.29. The van der Waals surface area contributed by atoms with Crippen molar-refractivity contribution in [3.63, 3.8) is 0 Å². The number of methoxy groups -OCH3 is 1. The first kappa shape index (κ1) is 16.6. The Kier molecular flexibility index (Phi) is 4.94. The van der Waals surface area contributed by atoms with Crippen LogP contribution in [-0.2, 0) is 9.53 Å². The molecule has 1 saturated heterocycles. The Bertz CT molecular complexity index is 711. The fourth-order valence-corrected chi connectivity index (χ4v) is 3.29. The highest BCUT2D eigenvalue weighted by Crippen LogP contribution is 2.32. The number of aromatic nitrogens is 3. The van der Waals surface area contributed by atoms with Gasteiger partial charge in [-0.1, -0.05) is 6.07 Å². The van der Waals surface area contributed by atoms with E-state index in [4.69, 9.17) is 9.72 Å². The zero-order chi connectivity index (χ0) is 17.1. The summed E-state index contributed by atoms with van der Waals surface area (Å²) < 4.78 is 6.97. The molecule has 0 spiro atoms. The van der Waals surface area contributed by atoms with Crippen LogP contribution in [0.2, 0.25) is 0 Å². The van der Waals surface area contributed by atoms with Crippen LogP contribution in [0.25, 0.3) is 11.4 Å². The number of ether oxygens (including phenoxy) is 1. The van der Waals surface area contributed by atoms with E-state index < -0.39 is 0 Å². The molecule has 0 aliphatic carbocycles.